The van der Waals surface area contributed by atoms with Crippen LogP contribution in [0.4, 0.5) is 0 Å². The van der Waals surface area contributed by atoms with Crippen molar-refractivity contribution in [2.45, 2.75) is 0 Å². The normalized spacial score (nSPS) is 11.5. The average molecular weight is 222 g/mol. The molecule has 0 atom stereocenters. The van der Waals surface area contributed by atoms with E-state index in [1.165, 1.54) is 6.20 Å². The highest BCUT2D eigenvalue weighted by atomic mass is 16.3. The molecule has 2 aromatic rings. The molecule has 0 unspecified atom stereocenters. The SMILES string of the molecule is N#C/C(=C(\O)c1cccnc1)c1ccccc1. The van der Waals surface area contributed by atoms with Crippen molar-refractivity contribution in [2.24, 2.45) is 0 Å². The molecule has 3 heteroatoms. The van der Waals surface area contributed by atoms with Crippen LogP contribution in [0.3, 0.4) is 0 Å². The van der Waals surface area contributed by atoms with Crippen molar-refractivity contribution >= 4 is 11.3 Å². The van der Waals surface area contributed by atoms with E-state index in [9.17, 15) is 5.11 Å². The van der Waals surface area contributed by atoms with Gasteiger partial charge in [-0.1, -0.05) is 30.3 Å². The van der Waals surface area contributed by atoms with E-state index >= 15 is 0 Å². The monoisotopic (exact) mass is 222 g/mol. The topological polar surface area (TPSA) is 56.9 Å². The summed E-state index contributed by atoms with van der Waals surface area (Å²) in [5.74, 6) is -0.0493. The molecule has 0 radical (unpaired) electrons. The van der Waals surface area contributed by atoms with Gasteiger partial charge in [0.2, 0.25) is 0 Å². The number of benzene rings is 1. The van der Waals surface area contributed by atoms with E-state index < -0.39 is 0 Å². The van der Waals surface area contributed by atoms with E-state index in [2.05, 4.69) is 4.98 Å². The van der Waals surface area contributed by atoms with Gasteiger partial charge in [-0.05, 0) is 17.7 Å². The smallest absolute Gasteiger partial charge is 0.142 e. The van der Waals surface area contributed by atoms with E-state index in [0.29, 0.717) is 11.1 Å². The van der Waals surface area contributed by atoms with Crippen LogP contribution in [-0.4, -0.2) is 10.1 Å². The fourth-order valence-electron chi connectivity index (χ4n) is 1.51. The van der Waals surface area contributed by atoms with Gasteiger partial charge in [-0.2, -0.15) is 5.26 Å². The Morgan fingerprint density at radius 2 is 1.76 bits per heavy atom. The first-order valence-corrected chi connectivity index (χ1v) is 5.12. The summed E-state index contributed by atoms with van der Waals surface area (Å²) < 4.78 is 0. The number of nitrogens with zero attached hydrogens (tertiary/aromatic N) is 2. The zero-order valence-electron chi connectivity index (χ0n) is 9.04. The van der Waals surface area contributed by atoms with Crippen molar-refractivity contribution in [3.63, 3.8) is 0 Å². The first-order chi connectivity index (χ1) is 8.33. The maximum absolute atomic E-state index is 10.1. The fourth-order valence-corrected chi connectivity index (χ4v) is 1.51. The zero-order valence-corrected chi connectivity index (χ0v) is 9.04. The van der Waals surface area contributed by atoms with Gasteiger partial charge >= 0.3 is 0 Å². The maximum atomic E-state index is 10.1. The summed E-state index contributed by atoms with van der Waals surface area (Å²) in [6, 6.07) is 14.5. The Bertz CT molecular complexity index is 568. The molecule has 82 valence electrons. The number of pyridine rings is 1. The van der Waals surface area contributed by atoms with Crippen LogP contribution < -0.4 is 0 Å². The van der Waals surface area contributed by atoms with Crippen LogP contribution in [0.15, 0.2) is 54.9 Å². The summed E-state index contributed by atoms with van der Waals surface area (Å²) in [6.07, 6.45) is 3.14. The van der Waals surface area contributed by atoms with Gasteiger partial charge in [0.15, 0.2) is 0 Å². The van der Waals surface area contributed by atoms with Crippen molar-refractivity contribution < 1.29 is 5.11 Å². The molecule has 0 amide bonds. The highest BCUT2D eigenvalue weighted by Gasteiger charge is 2.09. The molecule has 1 aromatic carbocycles. The molecule has 1 N–H and O–H groups in total. The first kappa shape index (κ1) is 10.9. The highest BCUT2D eigenvalue weighted by Crippen LogP contribution is 2.22. The largest absolute Gasteiger partial charge is 0.506 e. The third kappa shape index (κ3) is 2.32. The van der Waals surface area contributed by atoms with Crippen LogP contribution in [-0.2, 0) is 0 Å². The fraction of sp³-hybridized carbons (Fsp3) is 0. The van der Waals surface area contributed by atoms with E-state index in [4.69, 9.17) is 5.26 Å². The van der Waals surface area contributed by atoms with Crippen LogP contribution in [0.1, 0.15) is 11.1 Å². The predicted octanol–water partition coefficient (Wildman–Crippen LogP) is 3.03. The summed E-state index contributed by atoms with van der Waals surface area (Å²) in [7, 11) is 0. The van der Waals surface area contributed by atoms with Gasteiger partial charge in [0.1, 0.15) is 17.4 Å². The molecule has 17 heavy (non-hydrogen) atoms. The Labute approximate surface area is 99.3 Å². The second-order valence-corrected chi connectivity index (χ2v) is 3.44. The number of aromatic nitrogens is 1. The summed E-state index contributed by atoms with van der Waals surface area (Å²) in [6.45, 7) is 0. The van der Waals surface area contributed by atoms with Gasteiger partial charge in [-0.15, -0.1) is 0 Å². The van der Waals surface area contributed by atoms with E-state index in [0.717, 1.165) is 0 Å². The second kappa shape index (κ2) is 4.95. The molecule has 2 rings (SSSR count). The van der Waals surface area contributed by atoms with Crippen LogP contribution >= 0.6 is 0 Å². The van der Waals surface area contributed by atoms with Gasteiger partial charge in [0.25, 0.3) is 0 Å². The maximum Gasteiger partial charge on any atom is 0.142 e. The molecule has 0 bridgehead atoms. The number of rotatable bonds is 2. The van der Waals surface area contributed by atoms with Crippen molar-refractivity contribution in [1.82, 2.24) is 4.98 Å². The minimum absolute atomic E-state index is 0.0493. The summed E-state index contributed by atoms with van der Waals surface area (Å²) in [4.78, 5) is 3.91. The van der Waals surface area contributed by atoms with Crippen LogP contribution in [0.25, 0.3) is 11.3 Å². The number of nitriles is 1. The first-order valence-electron chi connectivity index (χ1n) is 5.12. The molecular weight excluding hydrogens is 212 g/mol. The molecule has 0 aliphatic rings. The molecular formula is C14H10N2O. The molecule has 0 spiro atoms. The van der Waals surface area contributed by atoms with Crippen molar-refractivity contribution in [1.29, 1.82) is 5.26 Å². The summed E-state index contributed by atoms with van der Waals surface area (Å²) in [5, 5.41) is 19.2. The Morgan fingerprint density at radius 3 is 2.35 bits per heavy atom. The van der Waals surface area contributed by atoms with Crippen LogP contribution in [0.2, 0.25) is 0 Å². The van der Waals surface area contributed by atoms with Gasteiger partial charge in [0, 0.05) is 18.0 Å². The Morgan fingerprint density at radius 1 is 1.06 bits per heavy atom. The molecule has 1 aromatic heterocycles. The Hall–Kier alpha value is -2.60. The number of aliphatic hydroxyl groups excluding tert-OH is 1. The Kier molecular flexibility index (Phi) is 3.18. The lowest BCUT2D eigenvalue weighted by Gasteiger charge is -2.04. The number of hydrogen-bond donors (Lipinski definition) is 1. The van der Waals surface area contributed by atoms with Crippen molar-refractivity contribution in [3.8, 4) is 6.07 Å². The van der Waals surface area contributed by atoms with Gasteiger partial charge < -0.3 is 5.11 Å². The molecule has 0 aliphatic carbocycles. The van der Waals surface area contributed by atoms with Gasteiger partial charge in [-0.25, -0.2) is 0 Å². The predicted molar refractivity (Wildman–Crippen MR) is 65.7 cm³/mol. The van der Waals surface area contributed by atoms with Gasteiger partial charge in [0.05, 0.1) is 0 Å². The summed E-state index contributed by atoms with van der Waals surface area (Å²) >= 11 is 0. The minimum Gasteiger partial charge on any atom is -0.506 e. The summed E-state index contributed by atoms with van der Waals surface area (Å²) in [5.41, 5.74) is 1.47. The van der Waals surface area contributed by atoms with E-state index in [-0.39, 0.29) is 11.3 Å². The molecule has 0 aliphatic heterocycles. The minimum atomic E-state index is -0.0493. The zero-order chi connectivity index (χ0) is 12.1. The standard InChI is InChI=1S/C14H10N2O/c15-9-13(11-5-2-1-3-6-11)14(17)12-7-4-8-16-10-12/h1-8,10,17H/b14-13+. The number of aliphatic hydroxyl groups is 1. The molecule has 0 saturated heterocycles. The van der Waals surface area contributed by atoms with Crippen LogP contribution in [0, 0.1) is 11.3 Å². The lowest BCUT2D eigenvalue weighted by Crippen LogP contribution is -1.90. The van der Waals surface area contributed by atoms with Crippen molar-refractivity contribution in [2.75, 3.05) is 0 Å². The van der Waals surface area contributed by atoms with Crippen LogP contribution in [0.5, 0.6) is 0 Å². The number of allylic oxidation sites excluding steroid dienone is 1. The van der Waals surface area contributed by atoms with Crippen molar-refractivity contribution in [3.05, 3.63) is 66.0 Å². The third-order valence-electron chi connectivity index (χ3n) is 2.35. The molecule has 1 heterocycles. The van der Waals surface area contributed by atoms with E-state index in [1.807, 2.05) is 24.3 Å². The van der Waals surface area contributed by atoms with E-state index in [1.54, 1.807) is 30.5 Å². The van der Waals surface area contributed by atoms with Gasteiger partial charge in [-0.3, -0.25) is 4.98 Å². The molecule has 3 nitrogen and oxygen atoms in total. The average Bonchev–Trinajstić information content (AvgIpc) is 2.42. The lowest BCUT2D eigenvalue weighted by atomic mass is 10.0. The quantitative estimate of drug-likeness (QED) is 0.627. The second-order valence-electron chi connectivity index (χ2n) is 3.44. The molecule has 0 fully saturated rings. The molecule has 0 saturated carbocycles. The number of hydrogen-bond acceptors (Lipinski definition) is 3. The Balaban J connectivity index is 2.53. The lowest BCUT2D eigenvalue weighted by molar-refractivity contribution is 0.514. The highest BCUT2D eigenvalue weighted by molar-refractivity contribution is 5.93. The third-order valence-corrected chi connectivity index (χ3v) is 2.35.